The van der Waals surface area contributed by atoms with Crippen LogP contribution in [0.25, 0.3) is 0 Å². The number of hydrogen-bond acceptors (Lipinski definition) is 5. The van der Waals surface area contributed by atoms with E-state index in [4.69, 9.17) is 4.74 Å². The Morgan fingerprint density at radius 3 is 2.84 bits per heavy atom. The molecular formula is C18H23N5O2. The average Bonchev–Trinajstić information content (AvgIpc) is 2.68. The van der Waals surface area contributed by atoms with Gasteiger partial charge in [0.1, 0.15) is 5.82 Å². The number of urea groups is 1. The van der Waals surface area contributed by atoms with Crippen molar-refractivity contribution in [2.24, 2.45) is 0 Å². The van der Waals surface area contributed by atoms with Gasteiger partial charge in [-0.2, -0.15) is 0 Å². The molecule has 0 radical (unpaired) electrons. The van der Waals surface area contributed by atoms with E-state index in [-0.39, 0.29) is 6.03 Å². The maximum atomic E-state index is 11.9. The van der Waals surface area contributed by atoms with Crippen molar-refractivity contribution in [3.63, 3.8) is 0 Å². The molecule has 1 aliphatic heterocycles. The highest BCUT2D eigenvalue weighted by molar-refractivity contribution is 5.73. The molecule has 132 valence electrons. The van der Waals surface area contributed by atoms with Gasteiger partial charge in [0.2, 0.25) is 0 Å². The molecule has 2 N–H and O–H groups in total. The van der Waals surface area contributed by atoms with Crippen LogP contribution in [0.4, 0.5) is 10.6 Å². The standard InChI is InChI=1S/C18H23N5O2/c24-18(21-7-3-15-2-1-5-19-13-15)22-14-16-4-6-20-17(12-16)23-8-10-25-11-9-23/h1-2,4-6,12-13H,3,7-11,14H2,(H2,21,22,24). The number of carbonyl (C=O) groups is 1. The van der Waals surface area contributed by atoms with Crippen LogP contribution in [0.2, 0.25) is 0 Å². The third-order valence-corrected chi connectivity index (χ3v) is 4.02. The zero-order valence-electron chi connectivity index (χ0n) is 14.1. The second-order valence-corrected chi connectivity index (χ2v) is 5.84. The van der Waals surface area contributed by atoms with Gasteiger partial charge in [-0.15, -0.1) is 0 Å². The van der Waals surface area contributed by atoms with Crippen LogP contribution in [0.5, 0.6) is 0 Å². The molecule has 7 heteroatoms. The average molecular weight is 341 g/mol. The molecule has 1 fully saturated rings. The van der Waals surface area contributed by atoms with Crippen LogP contribution in [-0.4, -0.2) is 48.8 Å². The fourth-order valence-corrected chi connectivity index (χ4v) is 2.65. The first-order chi connectivity index (χ1) is 12.3. The van der Waals surface area contributed by atoms with Gasteiger partial charge in [-0.25, -0.2) is 9.78 Å². The quantitative estimate of drug-likeness (QED) is 0.829. The van der Waals surface area contributed by atoms with E-state index in [0.29, 0.717) is 13.1 Å². The number of ether oxygens (including phenoxy) is 1. The number of anilines is 1. The Labute approximate surface area is 147 Å². The van der Waals surface area contributed by atoms with Crippen LogP contribution in [0.3, 0.4) is 0 Å². The number of aromatic nitrogens is 2. The van der Waals surface area contributed by atoms with Crippen LogP contribution >= 0.6 is 0 Å². The first kappa shape index (κ1) is 17.2. The van der Waals surface area contributed by atoms with E-state index in [2.05, 4.69) is 25.5 Å². The summed E-state index contributed by atoms with van der Waals surface area (Å²) in [6, 6.07) is 7.65. The van der Waals surface area contributed by atoms with Crippen LogP contribution in [0, 0.1) is 0 Å². The zero-order valence-corrected chi connectivity index (χ0v) is 14.1. The van der Waals surface area contributed by atoms with Crippen molar-refractivity contribution in [3.8, 4) is 0 Å². The predicted molar refractivity (Wildman–Crippen MR) is 95.4 cm³/mol. The van der Waals surface area contributed by atoms with Gasteiger partial charge in [0.05, 0.1) is 13.2 Å². The number of nitrogens with zero attached hydrogens (tertiary/aromatic N) is 3. The fourth-order valence-electron chi connectivity index (χ4n) is 2.65. The summed E-state index contributed by atoms with van der Waals surface area (Å²) in [6.45, 7) is 4.19. The summed E-state index contributed by atoms with van der Waals surface area (Å²) in [7, 11) is 0. The lowest BCUT2D eigenvalue weighted by Gasteiger charge is -2.28. The van der Waals surface area contributed by atoms with Crippen molar-refractivity contribution in [1.29, 1.82) is 0 Å². The fraction of sp³-hybridized carbons (Fsp3) is 0.389. The first-order valence-corrected chi connectivity index (χ1v) is 8.49. The SMILES string of the molecule is O=C(NCCc1cccnc1)NCc1ccnc(N2CCOCC2)c1. The smallest absolute Gasteiger partial charge is 0.315 e. The Hall–Kier alpha value is -2.67. The van der Waals surface area contributed by atoms with E-state index in [1.807, 2.05) is 30.5 Å². The molecule has 0 bridgehead atoms. The van der Waals surface area contributed by atoms with Crippen LogP contribution in [-0.2, 0) is 17.7 Å². The maximum absolute atomic E-state index is 11.9. The van der Waals surface area contributed by atoms with Crippen LogP contribution in [0.1, 0.15) is 11.1 Å². The molecular weight excluding hydrogens is 318 g/mol. The first-order valence-electron chi connectivity index (χ1n) is 8.49. The van der Waals surface area contributed by atoms with Gasteiger partial charge in [-0.05, 0) is 35.7 Å². The molecule has 3 heterocycles. The Bertz CT molecular complexity index is 674. The van der Waals surface area contributed by atoms with Crippen molar-refractivity contribution >= 4 is 11.8 Å². The summed E-state index contributed by atoms with van der Waals surface area (Å²) in [5.41, 5.74) is 2.13. The molecule has 25 heavy (non-hydrogen) atoms. The number of rotatable bonds is 6. The zero-order chi connectivity index (χ0) is 17.3. The third-order valence-electron chi connectivity index (χ3n) is 4.02. The molecule has 3 rings (SSSR count). The van der Waals surface area contributed by atoms with Gasteiger partial charge in [0, 0.05) is 44.8 Å². The second kappa shape index (κ2) is 8.98. The summed E-state index contributed by atoms with van der Waals surface area (Å²) in [5, 5.41) is 5.74. The van der Waals surface area contributed by atoms with Crippen molar-refractivity contribution in [2.75, 3.05) is 37.7 Å². The van der Waals surface area contributed by atoms with Gasteiger partial charge in [0.15, 0.2) is 0 Å². The molecule has 0 atom stereocenters. The van der Waals surface area contributed by atoms with E-state index in [1.165, 1.54) is 0 Å². The number of morpholine rings is 1. The Morgan fingerprint density at radius 2 is 2.04 bits per heavy atom. The van der Waals surface area contributed by atoms with E-state index in [1.54, 1.807) is 12.4 Å². The number of carbonyl (C=O) groups excluding carboxylic acids is 1. The highest BCUT2D eigenvalue weighted by atomic mass is 16.5. The number of amides is 2. The topological polar surface area (TPSA) is 79.4 Å². The summed E-state index contributed by atoms with van der Waals surface area (Å²) in [5.74, 6) is 0.930. The van der Waals surface area contributed by atoms with Crippen molar-refractivity contribution in [3.05, 3.63) is 54.0 Å². The normalized spacial score (nSPS) is 14.2. The monoisotopic (exact) mass is 341 g/mol. The van der Waals surface area contributed by atoms with E-state index < -0.39 is 0 Å². The Balaban J connectivity index is 1.42. The third kappa shape index (κ3) is 5.42. The van der Waals surface area contributed by atoms with Gasteiger partial charge < -0.3 is 20.3 Å². The van der Waals surface area contributed by atoms with Gasteiger partial charge in [0.25, 0.3) is 0 Å². The lowest BCUT2D eigenvalue weighted by Crippen LogP contribution is -2.37. The Morgan fingerprint density at radius 1 is 1.16 bits per heavy atom. The molecule has 7 nitrogen and oxygen atoms in total. The molecule has 0 spiro atoms. The van der Waals surface area contributed by atoms with Gasteiger partial charge in [-0.3, -0.25) is 4.98 Å². The predicted octanol–water partition coefficient (Wildman–Crippen LogP) is 1.36. The van der Waals surface area contributed by atoms with E-state index >= 15 is 0 Å². The molecule has 2 aromatic heterocycles. The second-order valence-electron chi connectivity index (χ2n) is 5.84. The number of pyridine rings is 2. The molecule has 2 aromatic rings. The summed E-state index contributed by atoms with van der Waals surface area (Å²) in [6.07, 6.45) is 6.09. The summed E-state index contributed by atoms with van der Waals surface area (Å²) < 4.78 is 5.36. The molecule has 0 unspecified atom stereocenters. The molecule has 1 aliphatic rings. The van der Waals surface area contributed by atoms with E-state index in [0.717, 1.165) is 49.7 Å². The maximum Gasteiger partial charge on any atom is 0.315 e. The Kier molecular flexibility index (Phi) is 6.17. The lowest BCUT2D eigenvalue weighted by molar-refractivity contribution is 0.122. The van der Waals surface area contributed by atoms with Gasteiger partial charge in [-0.1, -0.05) is 6.07 Å². The molecule has 0 saturated carbocycles. The minimum absolute atomic E-state index is 0.173. The van der Waals surface area contributed by atoms with Crippen molar-refractivity contribution < 1.29 is 9.53 Å². The highest BCUT2D eigenvalue weighted by Gasteiger charge is 2.12. The minimum Gasteiger partial charge on any atom is -0.378 e. The molecule has 0 aromatic carbocycles. The molecule has 1 saturated heterocycles. The number of hydrogen-bond donors (Lipinski definition) is 2. The summed E-state index contributed by atoms with van der Waals surface area (Å²) >= 11 is 0. The molecule has 2 amide bonds. The number of nitrogens with one attached hydrogen (secondary N) is 2. The van der Waals surface area contributed by atoms with Gasteiger partial charge >= 0.3 is 6.03 Å². The lowest BCUT2D eigenvalue weighted by atomic mass is 10.2. The van der Waals surface area contributed by atoms with Crippen LogP contribution < -0.4 is 15.5 Å². The van der Waals surface area contributed by atoms with E-state index in [9.17, 15) is 4.79 Å². The van der Waals surface area contributed by atoms with Crippen molar-refractivity contribution in [2.45, 2.75) is 13.0 Å². The van der Waals surface area contributed by atoms with Crippen molar-refractivity contribution in [1.82, 2.24) is 20.6 Å². The largest absolute Gasteiger partial charge is 0.378 e. The summed E-state index contributed by atoms with van der Waals surface area (Å²) in [4.78, 5) is 22.6. The highest BCUT2D eigenvalue weighted by Crippen LogP contribution is 2.14. The minimum atomic E-state index is -0.173. The molecule has 0 aliphatic carbocycles. The van der Waals surface area contributed by atoms with Crippen LogP contribution in [0.15, 0.2) is 42.9 Å².